The topological polar surface area (TPSA) is 38.8 Å². The van der Waals surface area contributed by atoms with Crippen LogP contribution in [0.4, 0.5) is 0 Å². The molecule has 1 amide bonds. The number of thiophene rings is 1. The van der Waals surface area contributed by atoms with Crippen LogP contribution in [-0.4, -0.2) is 43.8 Å². The van der Waals surface area contributed by atoms with Gasteiger partial charge in [-0.05, 0) is 23.9 Å². The van der Waals surface area contributed by atoms with E-state index >= 15 is 0 Å². The second-order valence-electron chi connectivity index (χ2n) is 4.16. The molecule has 0 saturated carbocycles. The van der Waals surface area contributed by atoms with E-state index in [1.165, 1.54) is 10.4 Å². The second-order valence-corrected chi connectivity index (χ2v) is 5.16. The average Bonchev–Trinajstić information content (AvgIpc) is 2.75. The highest BCUT2D eigenvalue weighted by Gasteiger charge is 2.25. The number of amides is 1. The first-order valence-corrected chi connectivity index (χ1v) is 6.53. The Bertz CT molecular complexity index is 385. The highest BCUT2D eigenvalue weighted by molar-refractivity contribution is 7.10. The van der Waals surface area contributed by atoms with Crippen LogP contribution in [0, 0.1) is 6.92 Å². The summed E-state index contributed by atoms with van der Waals surface area (Å²) in [7, 11) is 1.81. The van der Waals surface area contributed by atoms with E-state index in [-0.39, 0.29) is 5.91 Å². The standard InChI is InChI=1S/C12H17NO3S/c1-9-3-6-17-11(9)7-13(2)12(14)10-8-15-4-5-16-10/h3,6,10H,4-5,7-8H2,1-2H3. The fourth-order valence-corrected chi connectivity index (χ4v) is 2.69. The predicted octanol–water partition coefficient (Wildman–Crippen LogP) is 1.43. The van der Waals surface area contributed by atoms with E-state index in [2.05, 4.69) is 13.0 Å². The minimum absolute atomic E-state index is 0.00231. The fourth-order valence-electron chi connectivity index (χ4n) is 1.74. The van der Waals surface area contributed by atoms with Gasteiger partial charge in [0.1, 0.15) is 0 Å². The van der Waals surface area contributed by atoms with E-state index in [0.29, 0.717) is 26.4 Å². The zero-order chi connectivity index (χ0) is 12.3. The summed E-state index contributed by atoms with van der Waals surface area (Å²) in [5, 5.41) is 2.04. The summed E-state index contributed by atoms with van der Waals surface area (Å²) >= 11 is 1.68. The summed E-state index contributed by atoms with van der Waals surface area (Å²) in [4.78, 5) is 15.0. The largest absolute Gasteiger partial charge is 0.376 e. The molecule has 94 valence electrons. The number of aryl methyl sites for hydroxylation is 1. The van der Waals surface area contributed by atoms with Crippen molar-refractivity contribution >= 4 is 17.2 Å². The van der Waals surface area contributed by atoms with Crippen LogP contribution in [0.1, 0.15) is 10.4 Å². The Morgan fingerprint density at radius 2 is 2.41 bits per heavy atom. The number of carbonyl (C=O) groups excluding carboxylic acids is 1. The van der Waals surface area contributed by atoms with Crippen LogP contribution in [0.15, 0.2) is 11.4 Å². The molecule has 0 aromatic carbocycles. The number of nitrogens with zero attached hydrogens (tertiary/aromatic N) is 1. The SMILES string of the molecule is Cc1ccsc1CN(C)C(=O)C1COCCO1. The maximum atomic E-state index is 12.1. The summed E-state index contributed by atoms with van der Waals surface area (Å²) in [5.74, 6) is -0.00231. The van der Waals surface area contributed by atoms with Crippen molar-refractivity contribution in [3.05, 3.63) is 21.9 Å². The molecule has 0 radical (unpaired) electrons. The lowest BCUT2D eigenvalue weighted by atomic mass is 10.2. The highest BCUT2D eigenvalue weighted by Crippen LogP contribution is 2.18. The predicted molar refractivity (Wildman–Crippen MR) is 66.1 cm³/mol. The number of hydrogen-bond donors (Lipinski definition) is 0. The van der Waals surface area contributed by atoms with Gasteiger partial charge in [-0.3, -0.25) is 4.79 Å². The summed E-state index contributed by atoms with van der Waals surface area (Å²) in [6.07, 6.45) is -0.436. The molecule has 5 heteroatoms. The van der Waals surface area contributed by atoms with Crippen molar-refractivity contribution < 1.29 is 14.3 Å². The van der Waals surface area contributed by atoms with Gasteiger partial charge in [0.15, 0.2) is 6.10 Å². The van der Waals surface area contributed by atoms with Crippen LogP contribution in [0.3, 0.4) is 0 Å². The zero-order valence-corrected chi connectivity index (χ0v) is 11.0. The molecule has 1 unspecified atom stereocenters. The molecule has 1 atom stereocenters. The molecule has 1 aliphatic rings. The van der Waals surface area contributed by atoms with Gasteiger partial charge >= 0.3 is 0 Å². The van der Waals surface area contributed by atoms with Gasteiger partial charge in [-0.15, -0.1) is 11.3 Å². The van der Waals surface area contributed by atoms with Crippen LogP contribution in [0.25, 0.3) is 0 Å². The Morgan fingerprint density at radius 3 is 3.00 bits per heavy atom. The molecule has 1 aliphatic heterocycles. The van der Waals surface area contributed by atoms with E-state index in [1.54, 1.807) is 23.3 Å². The van der Waals surface area contributed by atoms with E-state index in [1.807, 2.05) is 5.38 Å². The molecule has 0 spiro atoms. The molecule has 1 fully saturated rings. The van der Waals surface area contributed by atoms with E-state index in [4.69, 9.17) is 9.47 Å². The molecule has 4 nitrogen and oxygen atoms in total. The van der Waals surface area contributed by atoms with Crippen LogP contribution < -0.4 is 0 Å². The Kier molecular flexibility index (Phi) is 4.15. The lowest BCUT2D eigenvalue weighted by molar-refractivity contribution is -0.157. The number of carbonyl (C=O) groups is 1. The summed E-state index contributed by atoms with van der Waals surface area (Å²) < 4.78 is 10.6. The third-order valence-electron chi connectivity index (χ3n) is 2.82. The number of rotatable bonds is 3. The van der Waals surface area contributed by atoms with Gasteiger partial charge in [0, 0.05) is 11.9 Å². The summed E-state index contributed by atoms with van der Waals surface area (Å²) in [5.41, 5.74) is 1.23. The van der Waals surface area contributed by atoms with Crippen LogP contribution >= 0.6 is 11.3 Å². The zero-order valence-electron chi connectivity index (χ0n) is 10.1. The first-order chi connectivity index (χ1) is 8.18. The van der Waals surface area contributed by atoms with E-state index < -0.39 is 6.10 Å². The molecule has 17 heavy (non-hydrogen) atoms. The lowest BCUT2D eigenvalue weighted by Crippen LogP contribution is -2.43. The maximum absolute atomic E-state index is 12.1. The van der Waals surface area contributed by atoms with Crippen molar-refractivity contribution in [1.29, 1.82) is 0 Å². The molecule has 0 N–H and O–H groups in total. The van der Waals surface area contributed by atoms with Crippen molar-refractivity contribution in [3.8, 4) is 0 Å². The van der Waals surface area contributed by atoms with Gasteiger partial charge in [-0.1, -0.05) is 0 Å². The van der Waals surface area contributed by atoms with E-state index in [0.717, 1.165) is 0 Å². The molecule has 1 saturated heterocycles. The number of likely N-dealkylation sites (N-methyl/N-ethyl adjacent to an activating group) is 1. The smallest absolute Gasteiger partial charge is 0.254 e. The van der Waals surface area contributed by atoms with E-state index in [9.17, 15) is 4.79 Å². The number of hydrogen-bond acceptors (Lipinski definition) is 4. The van der Waals surface area contributed by atoms with Crippen molar-refractivity contribution in [1.82, 2.24) is 4.90 Å². The first-order valence-electron chi connectivity index (χ1n) is 5.66. The molecule has 1 aromatic heterocycles. The minimum atomic E-state index is -0.436. The third-order valence-corrected chi connectivity index (χ3v) is 3.82. The first kappa shape index (κ1) is 12.5. The Morgan fingerprint density at radius 1 is 1.59 bits per heavy atom. The molecule has 2 rings (SSSR count). The summed E-state index contributed by atoms with van der Waals surface area (Å²) in [6, 6.07) is 2.07. The molecular weight excluding hydrogens is 238 g/mol. The van der Waals surface area contributed by atoms with Crippen LogP contribution in [0.5, 0.6) is 0 Å². The molecule has 2 heterocycles. The van der Waals surface area contributed by atoms with Crippen LogP contribution in [0.2, 0.25) is 0 Å². The molecular formula is C12H17NO3S. The van der Waals surface area contributed by atoms with Gasteiger partial charge in [-0.2, -0.15) is 0 Å². The normalized spacial score (nSPS) is 20.2. The van der Waals surface area contributed by atoms with Gasteiger partial charge in [0.2, 0.25) is 0 Å². The van der Waals surface area contributed by atoms with Crippen molar-refractivity contribution in [2.24, 2.45) is 0 Å². The second kappa shape index (κ2) is 5.62. The molecule has 1 aromatic rings. The van der Waals surface area contributed by atoms with Crippen molar-refractivity contribution in [2.45, 2.75) is 19.6 Å². The minimum Gasteiger partial charge on any atom is -0.376 e. The Hall–Kier alpha value is -0.910. The van der Waals surface area contributed by atoms with Gasteiger partial charge in [-0.25, -0.2) is 0 Å². The number of ether oxygens (including phenoxy) is 2. The van der Waals surface area contributed by atoms with Crippen molar-refractivity contribution in [2.75, 3.05) is 26.9 Å². The van der Waals surface area contributed by atoms with Gasteiger partial charge < -0.3 is 14.4 Å². The third kappa shape index (κ3) is 3.06. The van der Waals surface area contributed by atoms with Crippen LogP contribution in [-0.2, 0) is 20.8 Å². The molecule has 0 bridgehead atoms. The lowest BCUT2D eigenvalue weighted by Gasteiger charge is -2.26. The summed E-state index contributed by atoms with van der Waals surface area (Å²) in [6.45, 7) is 4.15. The van der Waals surface area contributed by atoms with Gasteiger partial charge in [0.05, 0.1) is 26.4 Å². The Balaban J connectivity index is 1.93. The molecule has 0 aliphatic carbocycles. The monoisotopic (exact) mass is 255 g/mol. The average molecular weight is 255 g/mol. The fraction of sp³-hybridized carbons (Fsp3) is 0.583. The maximum Gasteiger partial charge on any atom is 0.254 e. The quantitative estimate of drug-likeness (QED) is 0.820. The van der Waals surface area contributed by atoms with Gasteiger partial charge in [0.25, 0.3) is 5.91 Å². The highest BCUT2D eigenvalue weighted by atomic mass is 32.1. The van der Waals surface area contributed by atoms with Crippen molar-refractivity contribution in [3.63, 3.8) is 0 Å². The Labute approximate surface area is 105 Å².